The van der Waals surface area contributed by atoms with E-state index in [4.69, 9.17) is 14.5 Å². The van der Waals surface area contributed by atoms with Crippen molar-refractivity contribution in [3.63, 3.8) is 0 Å². The highest BCUT2D eigenvalue weighted by atomic mass is 32.1. The fraction of sp³-hybridized carbons (Fsp3) is 0.370. The van der Waals surface area contributed by atoms with Crippen molar-refractivity contribution in [2.45, 2.75) is 45.4 Å². The molecule has 1 fully saturated rings. The summed E-state index contributed by atoms with van der Waals surface area (Å²) in [6, 6.07) is 13.9. The molecule has 1 saturated heterocycles. The Morgan fingerprint density at radius 2 is 2.17 bits per heavy atom. The number of carbonyl (C=O) groups is 1. The van der Waals surface area contributed by atoms with Gasteiger partial charge in [-0.2, -0.15) is 5.10 Å². The quantitative estimate of drug-likeness (QED) is 0.323. The molecule has 0 N–H and O–H groups in total. The van der Waals surface area contributed by atoms with Crippen molar-refractivity contribution in [1.82, 2.24) is 19.7 Å². The molecule has 0 spiro atoms. The summed E-state index contributed by atoms with van der Waals surface area (Å²) in [4.78, 5) is 22.0. The van der Waals surface area contributed by atoms with Gasteiger partial charge in [-0.05, 0) is 61.9 Å². The summed E-state index contributed by atoms with van der Waals surface area (Å²) < 4.78 is 13.2. The molecule has 1 atom stereocenters. The van der Waals surface area contributed by atoms with Crippen LogP contribution < -0.4 is 4.74 Å². The highest BCUT2D eigenvalue weighted by molar-refractivity contribution is 7.13. The van der Waals surface area contributed by atoms with Gasteiger partial charge in [0.25, 0.3) is 5.91 Å². The number of aromatic nitrogens is 3. The largest absolute Gasteiger partial charge is 0.497 e. The Morgan fingerprint density at radius 3 is 2.89 bits per heavy atom. The summed E-state index contributed by atoms with van der Waals surface area (Å²) in [7, 11) is 1.65. The number of hydrogen-bond donors (Lipinski definition) is 0. The second-order valence-electron chi connectivity index (χ2n) is 9.12. The van der Waals surface area contributed by atoms with E-state index in [0.29, 0.717) is 18.7 Å². The standard InChI is InChI=1S/C27H30N4O3S/c1-18(2)31-26-23(15-28-31)22(14-24(29-26)25-10-6-12-35-25)27(32)30(17-21-9-5-11-34-21)16-19-7-4-8-20(13-19)33-3/h4,6-8,10,12-15,18,21H,5,9,11,16-17H2,1-3H3. The van der Waals surface area contributed by atoms with Gasteiger partial charge in [-0.15, -0.1) is 11.3 Å². The van der Waals surface area contributed by atoms with Gasteiger partial charge in [0, 0.05) is 25.7 Å². The third-order valence-corrected chi connectivity index (χ3v) is 7.20. The highest BCUT2D eigenvalue weighted by Crippen LogP contribution is 2.30. The number of benzene rings is 1. The Hall–Kier alpha value is -3.23. The molecular weight excluding hydrogens is 460 g/mol. The third kappa shape index (κ3) is 4.94. The second kappa shape index (κ2) is 10.2. The normalized spacial score (nSPS) is 15.7. The van der Waals surface area contributed by atoms with Crippen LogP contribution in [0.25, 0.3) is 21.6 Å². The predicted octanol–water partition coefficient (Wildman–Crippen LogP) is 5.57. The number of thiophene rings is 1. The van der Waals surface area contributed by atoms with E-state index in [0.717, 1.165) is 52.4 Å². The molecule has 5 rings (SSSR count). The molecule has 4 heterocycles. The molecule has 4 aromatic rings. The molecule has 0 aliphatic carbocycles. The first-order chi connectivity index (χ1) is 17.0. The second-order valence-corrected chi connectivity index (χ2v) is 10.1. The van der Waals surface area contributed by atoms with E-state index in [9.17, 15) is 4.79 Å². The van der Waals surface area contributed by atoms with Crippen LogP contribution in [-0.4, -0.2) is 51.9 Å². The molecule has 7 nitrogen and oxygen atoms in total. The Kier molecular flexibility index (Phi) is 6.83. The van der Waals surface area contributed by atoms with Crippen LogP contribution >= 0.6 is 11.3 Å². The monoisotopic (exact) mass is 490 g/mol. The van der Waals surface area contributed by atoms with E-state index in [-0.39, 0.29) is 18.1 Å². The van der Waals surface area contributed by atoms with Gasteiger partial charge in [-0.3, -0.25) is 4.79 Å². The maximum atomic E-state index is 14.2. The molecule has 1 amide bonds. The Balaban J connectivity index is 1.58. The zero-order valence-corrected chi connectivity index (χ0v) is 21.1. The first-order valence-electron chi connectivity index (χ1n) is 12.0. The number of pyridine rings is 1. The summed E-state index contributed by atoms with van der Waals surface area (Å²) in [6.07, 6.45) is 3.79. The van der Waals surface area contributed by atoms with E-state index in [1.165, 1.54) is 0 Å². The molecule has 182 valence electrons. The van der Waals surface area contributed by atoms with E-state index in [2.05, 4.69) is 18.9 Å². The van der Waals surface area contributed by atoms with Gasteiger partial charge in [0.15, 0.2) is 5.65 Å². The van der Waals surface area contributed by atoms with Gasteiger partial charge in [-0.1, -0.05) is 18.2 Å². The first kappa shape index (κ1) is 23.5. The molecule has 1 unspecified atom stereocenters. The SMILES string of the molecule is COc1cccc(CN(CC2CCCO2)C(=O)c2cc(-c3cccs3)nc3c2cnn3C(C)C)c1. The molecule has 1 aromatic carbocycles. The topological polar surface area (TPSA) is 69.5 Å². The fourth-order valence-electron chi connectivity index (χ4n) is 4.54. The fourth-order valence-corrected chi connectivity index (χ4v) is 5.22. The van der Waals surface area contributed by atoms with Crippen molar-refractivity contribution in [1.29, 1.82) is 0 Å². The van der Waals surface area contributed by atoms with Crippen molar-refractivity contribution >= 4 is 28.3 Å². The van der Waals surface area contributed by atoms with Crippen LogP contribution in [0.4, 0.5) is 0 Å². The molecule has 8 heteroatoms. The number of rotatable bonds is 8. The van der Waals surface area contributed by atoms with E-state index >= 15 is 0 Å². The van der Waals surface area contributed by atoms with Gasteiger partial charge >= 0.3 is 0 Å². The van der Waals surface area contributed by atoms with Gasteiger partial charge in [-0.25, -0.2) is 9.67 Å². The Bertz CT molecular complexity index is 1310. The van der Waals surface area contributed by atoms with Crippen LogP contribution in [-0.2, 0) is 11.3 Å². The average molecular weight is 491 g/mol. The van der Waals surface area contributed by atoms with Gasteiger partial charge in [0.2, 0.25) is 0 Å². The predicted molar refractivity (Wildman–Crippen MR) is 138 cm³/mol. The van der Waals surface area contributed by atoms with Crippen molar-refractivity contribution in [3.05, 3.63) is 65.2 Å². The third-order valence-electron chi connectivity index (χ3n) is 6.30. The molecule has 1 aliphatic heterocycles. The number of amides is 1. The number of ether oxygens (including phenoxy) is 2. The number of nitrogens with zero attached hydrogens (tertiary/aromatic N) is 4. The minimum atomic E-state index is -0.0446. The highest BCUT2D eigenvalue weighted by Gasteiger charge is 2.27. The Morgan fingerprint density at radius 1 is 1.29 bits per heavy atom. The van der Waals surface area contributed by atoms with Gasteiger partial charge in [0.1, 0.15) is 5.75 Å². The van der Waals surface area contributed by atoms with Gasteiger partial charge < -0.3 is 14.4 Å². The van der Waals surface area contributed by atoms with Gasteiger partial charge in [0.05, 0.1) is 40.9 Å². The van der Waals surface area contributed by atoms with Crippen LogP contribution in [0, 0.1) is 0 Å². The lowest BCUT2D eigenvalue weighted by Crippen LogP contribution is -2.37. The number of hydrogen-bond acceptors (Lipinski definition) is 6. The zero-order valence-electron chi connectivity index (χ0n) is 20.3. The average Bonchev–Trinajstić information content (AvgIpc) is 3.64. The van der Waals surface area contributed by atoms with E-state index in [1.807, 2.05) is 57.4 Å². The maximum Gasteiger partial charge on any atom is 0.255 e. The molecular formula is C27H30N4O3S. The van der Waals surface area contributed by atoms with Crippen molar-refractivity contribution in [2.24, 2.45) is 0 Å². The summed E-state index contributed by atoms with van der Waals surface area (Å²) in [5.74, 6) is 0.730. The number of fused-ring (bicyclic) bond motifs is 1. The van der Waals surface area contributed by atoms with E-state index < -0.39 is 0 Å². The van der Waals surface area contributed by atoms with Crippen LogP contribution in [0.5, 0.6) is 5.75 Å². The smallest absolute Gasteiger partial charge is 0.255 e. The molecule has 0 radical (unpaired) electrons. The van der Waals surface area contributed by atoms with Crippen LogP contribution in [0.2, 0.25) is 0 Å². The summed E-state index contributed by atoms with van der Waals surface area (Å²) in [5, 5.41) is 7.37. The minimum Gasteiger partial charge on any atom is -0.497 e. The lowest BCUT2D eigenvalue weighted by Gasteiger charge is -2.26. The van der Waals surface area contributed by atoms with Crippen LogP contribution in [0.15, 0.2) is 54.0 Å². The van der Waals surface area contributed by atoms with Crippen molar-refractivity contribution in [2.75, 3.05) is 20.3 Å². The number of carbonyl (C=O) groups excluding carboxylic acids is 1. The Labute approximate surface area is 209 Å². The molecule has 0 bridgehead atoms. The molecule has 0 saturated carbocycles. The summed E-state index contributed by atoms with van der Waals surface area (Å²) >= 11 is 1.61. The molecule has 1 aliphatic rings. The lowest BCUT2D eigenvalue weighted by atomic mass is 10.1. The maximum absolute atomic E-state index is 14.2. The minimum absolute atomic E-state index is 0.0389. The van der Waals surface area contributed by atoms with Crippen molar-refractivity contribution < 1.29 is 14.3 Å². The number of methoxy groups -OCH3 is 1. The van der Waals surface area contributed by atoms with Crippen molar-refractivity contribution in [3.8, 4) is 16.3 Å². The van der Waals surface area contributed by atoms with Crippen LogP contribution in [0.3, 0.4) is 0 Å². The molecule has 3 aromatic heterocycles. The van der Waals surface area contributed by atoms with E-state index in [1.54, 1.807) is 24.6 Å². The van der Waals surface area contributed by atoms with Crippen LogP contribution in [0.1, 0.15) is 48.7 Å². The molecule has 35 heavy (non-hydrogen) atoms. The zero-order chi connectivity index (χ0) is 24.4. The summed E-state index contributed by atoms with van der Waals surface area (Å²) in [6.45, 7) is 5.88. The lowest BCUT2D eigenvalue weighted by molar-refractivity contribution is 0.0508. The first-order valence-corrected chi connectivity index (χ1v) is 12.9. The summed E-state index contributed by atoms with van der Waals surface area (Å²) in [5.41, 5.74) is 3.15.